The number of aromatic nitrogens is 1. The van der Waals surface area contributed by atoms with E-state index in [1.165, 1.54) is 0 Å². The summed E-state index contributed by atoms with van der Waals surface area (Å²) in [6.07, 6.45) is 4.40. The van der Waals surface area contributed by atoms with Gasteiger partial charge in [-0.2, -0.15) is 0 Å². The second-order valence-corrected chi connectivity index (χ2v) is 6.44. The van der Waals surface area contributed by atoms with Gasteiger partial charge in [0.2, 0.25) is 5.91 Å². The summed E-state index contributed by atoms with van der Waals surface area (Å²) in [5.41, 5.74) is 0.579. The van der Waals surface area contributed by atoms with E-state index in [1.807, 2.05) is 11.8 Å². The number of hydrogen-bond acceptors (Lipinski definition) is 5. The Morgan fingerprint density at radius 3 is 2.80 bits per heavy atom. The molecule has 0 saturated carbocycles. The van der Waals surface area contributed by atoms with Gasteiger partial charge in [-0.1, -0.05) is 6.92 Å². The van der Waals surface area contributed by atoms with Crippen molar-refractivity contribution in [2.45, 2.75) is 32.3 Å². The molecule has 2 fully saturated rings. The lowest BCUT2D eigenvalue weighted by Gasteiger charge is -2.36. The predicted octanol–water partition coefficient (Wildman–Crippen LogP) is 1.05. The summed E-state index contributed by atoms with van der Waals surface area (Å²) in [6, 6.07) is 3.58. The van der Waals surface area contributed by atoms with Gasteiger partial charge in [0.15, 0.2) is 0 Å². The molecule has 2 amide bonds. The first-order chi connectivity index (χ1) is 12.2. The summed E-state index contributed by atoms with van der Waals surface area (Å²) in [7, 11) is 0. The summed E-state index contributed by atoms with van der Waals surface area (Å²) < 4.78 is 5.55. The smallest absolute Gasteiger partial charge is 0.255 e. The van der Waals surface area contributed by atoms with E-state index in [0.717, 1.165) is 19.4 Å². The largest absolute Gasteiger partial charge is 0.376 e. The van der Waals surface area contributed by atoms with Crippen molar-refractivity contribution in [2.24, 2.45) is 0 Å². The molecule has 0 aliphatic carbocycles. The Morgan fingerprint density at radius 2 is 2.12 bits per heavy atom. The molecule has 2 aliphatic heterocycles. The Kier molecular flexibility index (Phi) is 5.86. The SMILES string of the molecule is CCC(=O)N1CCN(c2ncccc2C(=O)NC[C@@H]2CCCO2)CC1. The average molecular weight is 346 g/mol. The van der Waals surface area contributed by atoms with Crippen molar-refractivity contribution in [3.05, 3.63) is 23.9 Å². The molecule has 0 radical (unpaired) electrons. The molecule has 136 valence electrons. The number of pyridine rings is 1. The maximum atomic E-state index is 12.6. The van der Waals surface area contributed by atoms with Crippen molar-refractivity contribution in [2.75, 3.05) is 44.2 Å². The second-order valence-electron chi connectivity index (χ2n) is 6.44. The van der Waals surface area contributed by atoms with E-state index < -0.39 is 0 Å². The Hall–Kier alpha value is -2.15. The van der Waals surface area contributed by atoms with E-state index in [9.17, 15) is 9.59 Å². The Balaban J connectivity index is 1.62. The normalized spacial score (nSPS) is 20.6. The van der Waals surface area contributed by atoms with E-state index >= 15 is 0 Å². The molecule has 2 aliphatic rings. The quantitative estimate of drug-likeness (QED) is 0.863. The van der Waals surface area contributed by atoms with Crippen LogP contribution in [0.15, 0.2) is 18.3 Å². The molecule has 25 heavy (non-hydrogen) atoms. The Morgan fingerprint density at radius 1 is 1.32 bits per heavy atom. The molecule has 3 rings (SSSR count). The maximum Gasteiger partial charge on any atom is 0.255 e. The molecule has 7 nitrogen and oxygen atoms in total. The monoisotopic (exact) mass is 346 g/mol. The highest BCUT2D eigenvalue weighted by atomic mass is 16.5. The molecule has 0 unspecified atom stereocenters. The zero-order valence-electron chi connectivity index (χ0n) is 14.7. The van der Waals surface area contributed by atoms with Gasteiger partial charge in [-0.05, 0) is 25.0 Å². The van der Waals surface area contributed by atoms with Gasteiger partial charge >= 0.3 is 0 Å². The van der Waals surface area contributed by atoms with Crippen LogP contribution in [0.2, 0.25) is 0 Å². The minimum absolute atomic E-state index is 0.118. The van der Waals surface area contributed by atoms with Crippen molar-refractivity contribution >= 4 is 17.6 Å². The number of amides is 2. The summed E-state index contributed by atoms with van der Waals surface area (Å²) >= 11 is 0. The van der Waals surface area contributed by atoms with Crippen LogP contribution in [0.5, 0.6) is 0 Å². The third-order valence-electron chi connectivity index (χ3n) is 4.78. The number of nitrogens with one attached hydrogen (secondary N) is 1. The van der Waals surface area contributed by atoms with Crippen LogP contribution in [0.1, 0.15) is 36.5 Å². The Labute approximate surface area is 148 Å². The van der Waals surface area contributed by atoms with Gasteiger partial charge < -0.3 is 19.9 Å². The highest BCUT2D eigenvalue weighted by Crippen LogP contribution is 2.19. The van der Waals surface area contributed by atoms with Crippen molar-refractivity contribution in [1.29, 1.82) is 0 Å². The number of carbonyl (C=O) groups excluding carboxylic acids is 2. The van der Waals surface area contributed by atoms with Crippen LogP contribution in [0, 0.1) is 0 Å². The number of hydrogen-bond donors (Lipinski definition) is 1. The van der Waals surface area contributed by atoms with Gasteiger partial charge in [0.25, 0.3) is 5.91 Å². The molecule has 3 heterocycles. The lowest BCUT2D eigenvalue weighted by Crippen LogP contribution is -2.49. The molecule has 1 aromatic heterocycles. The van der Waals surface area contributed by atoms with Crippen LogP contribution in [0.3, 0.4) is 0 Å². The van der Waals surface area contributed by atoms with Crippen molar-refractivity contribution < 1.29 is 14.3 Å². The number of carbonyl (C=O) groups is 2. The number of anilines is 1. The van der Waals surface area contributed by atoms with Crippen LogP contribution in [-0.2, 0) is 9.53 Å². The van der Waals surface area contributed by atoms with Crippen LogP contribution >= 0.6 is 0 Å². The van der Waals surface area contributed by atoms with Crippen molar-refractivity contribution in [3.63, 3.8) is 0 Å². The van der Waals surface area contributed by atoms with Crippen molar-refractivity contribution in [3.8, 4) is 0 Å². The molecule has 2 saturated heterocycles. The summed E-state index contributed by atoms with van der Waals surface area (Å²) in [5.74, 6) is 0.747. The fraction of sp³-hybridized carbons (Fsp3) is 0.611. The van der Waals surface area contributed by atoms with Gasteiger partial charge in [-0.15, -0.1) is 0 Å². The Bertz CT molecular complexity index is 608. The van der Waals surface area contributed by atoms with Crippen molar-refractivity contribution in [1.82, 2.24) is 15.2 Å². The number of nitrogens with zero attached hydrogens (tertiary/aromatic N) is 3. The fourth-order valence-corrected chi connectivity index (χ4v) is 3.32. The average Bonchev–Trinajstić information content (AvgIpc) is 3.19. The topological polar surface area (TPSA) is 74.8 Å². The van der Waals surface area contributed by atoms with E-state index in [1.54, 1.807) is 18.3 Å². The van der Waals surface area contributed by atoms with Gasteiger partial charge in [0.05, 0.1) is 11.7 Å². The van der Waals surface area contributed by atoms with Gasteiger partial charge in [0, 0.05) is 51.9 Å². The first kappa shape index (κ1) is 17.7. The lowest BCUT2D eigenvalue weighted by atomic mass is 10.2. The standard InChI is InChI=1S/C18H26N4O3/c1-2-16(23)21-8-10-22(11-9-21)17-15(6-3-7-19-17)18(24)20-13-14-5-4-12-25-14/h3,6-7,14H,2,4-5,8-13H2,1H3,(H,20,24)/t14-/m0/s1. The highest BCUT2D eigenvalue weighted by molar-refractivity contribution is 5.98. The third kappa shape index (κ3) is 4.28. The summed E-state index contributed by atoms with van der Waals surface area (Å²) in [4.78, 5) is 32.8. The zero-order chi connectivity index (χ0) is 17.6. The molecule has 1 N–H and O–H groups in total. The zero-order valence-corrected chi connectivity index (χ0v) is 14.7. The number of rotatable bonds is 5. The van der Waals surface area contributed by atoms with Crippen LogP contribution in [0.25, 0.3) is 0 Å². The number of piperazine rings is 1. The third-order valence-corrected chi connectivity index (χ3v) is 4.78. The minimum atomic E-state index is -0.120. The molecule has 7 heteroatoms. The van der Waals surface area contributed by atoms with Crippen LogP contribution in [-0.4, -0.2) is 67.1 Å². The molecule has 0 aromatic carbocycles. The molecule has 1 aromatic rings. The first-order valence-electron chi connectivity index (χ1n) is 9.06. The molecule has 0 spiro atoms. The van der Waals surface area contributed by atoms with Crippen LogP contribution in [0.4, 0.5) is 5.82 Å². The number of ether oxygens (including phenoxy) is 1. The predicted molar refractivity (Wildman–Crippen MR) is 94.6 cm³/mol. The molecule has 0 bridgehead atoms. The first-order valence-corrected chi connectivity index (χ1v) is 9.06. The van der Waals surface area contributed by atoms with Gasteiger partial charge in [-0.3, -0.25) is 9.59 Å². The molecular formula is C18H26N4O3. The molecule has 1 atom stereocenters. The summed E-state index contributed by atoms with van der Waals surface area (Å²) in [6.45, 7) is 5.90. The van der Waals surface area contributed by atoms with Gasteiger partial charge in [-0.25, -0.2) is 4.98 Å². The second kappa shape index (κ2) is 8.29. The fourth-order valence-electron chi connectivity index (χ4n) is 3.32. The van der Waals surface area contributed by atoms with Gasteiger partial charge in [0.1, 0.15) is 5.82 Å². The lowest BCUT2D eigenvalue weighted by molar-refractivity contribution is -0.131. The van der Waals surface area contributed by atoms with E-state index in [2.05, 4.69) is 15.2 Å². The van der Waals surface area contributed by atoms with E-state index in [-0.39, 0.29) is 17.9 Å². The summed E-state index contributed by atoms with van der Waals surface area (Å²) in [5, 5.41) is 2.96. The maximum absolute atomic E-state index is 12.6. The van der Waals surface area contributed by atoms with E-state index in [4.69, 9.17) is 4.74 Å². The highest BCUT2D eigenvalue weighted by Gasteiger charge is 2.25. The minimum Gasteiger partial charge on any atom is -0.376 e. The molecular weight excluding hydrogens is 320 g/mol. The van der Waals surface area contributed by atoms with E-state index in [0.29, 0.717) is 50.5 Å². The van der Waals surface area contributed by atoms with Crippen LogP contribution < -0.4 is 10.2 Å².